The first kappa shape index (κ1) is 14.9. The smallest absolute Gasteiger partial charge is 0.159 e. The predicted octanol–water partition coefficient (Wildman–Crippen LogP) is 3.50. The van der Waals surface area contributed by atoms with Gasteiger partial charge in [0.2, 0.25) is 0 Å². The van der Waals surface area contributed by atoms with Crippen LogP contribution in [0.1, 0.15) is 38.6 Å². The number of aromatic nitrogens is 4. The molecular formula is C14H19ClN4O. The lowest BCUT2D eigenvalue weighted by atomic mass is 10.3. The van der Waals surface area contributed by atoms with Crippen molar-refractivity contribution in [2.24, 2.45) is 0 Å². The van der Waals surface area contributed by atoms with Gasteiger partial charge >= 0.3 is 0 Å². The molecule has 20 heavy (non-hydrogen) atoms. The van der Waals surface area contributed by atoms with Crippen molar-refractivity contribution in [1.29, 1.82) is 0 Å². The van der Waals surface area contributed by atoms with Gasteiger partial charge in [-0.3, -0.25) is 4.68 Å². The molecule has 2 aromatic heterocycles. The number of unbranched alkanes of at least 4 members (excludes halogenated alkanes) is 1. The van der Waals surface area contributed by atoms with Crippen molar-refractivity contribution in [3.63, 3.8) is 0 Å². The van der Waals surface area contributed by atoms with E-state index >= 15 is 0 Å². The summed E-state index contributed by atoms with van der Waals surface area (Å²) < 4.78 is 7.16. The number of hydrogen-bond donors (Lipinski definition) is 0. The summed E-state index contributed by atoms with van der Waals surface area (Å²) in [6.07, 6.45) is 4.01. The second kappa shape index (κ2) is 6.81. The summed E-state index contributed by atoms with van der Waals surface area (Å²) in [6.45, 7) is 4.96. The maximum atomic E-state index is 6.05. The highest BCUT2D eigenvalue weighted by atomic mass is 35.5. The molecular weight excluding hydrogens is 276 g/mol. The number of hydrogen-bond acceptors (Lipinski definition) is 4. The Hall–Kier alpha value is -1.46. The minimum Gasteiger partial charge on any atom is -0.374 e. The Morgan fingerprint density at radius 2 is 2.15 bits per heavy atom. The maximum absolute atomic E-state index is 6.05. The molecule has 2 heterocycles. The van der Waals surface area contributed by atoms with E-state index in [1.54, 1.807) is 13.2 Å². The Bertz CT molecular complexity index is 570. The van der Waals surface area contributed by atoms with Crippen molar-refractivity contribution in [3.8, 4) is 11.4 Å². The first-order chi connectivity index (χ1) is 9.63. The van der Waals surface area contributed by atoms with Crippen LogP contribution in [0.4, 0.5) is 0 Å². The topological polar surface area (TPSA) is 52.8 Å². The number of nitrogens with zero attached hydrogens (tertiary/aromatic N) is 4. The van der Waals surface area contributed by atoms with E-state index < -0.39 is 0 Å². The highest BCUT2D eigenvalue weighted by molar-refractivity contribution is 6.29. The van der Waals surface area contributed by atoms with E-state index in [1.165, 1.54) is 0 Å². The average molecular weight is 295 g/mol. The monoisotopic (exact) mass is 294 g/mol. The average Bonchev–Trinajstić information content (AvgIpc) is 2.92. The maximum Gasteiger partial charge on any atom is 0.159 e. The molecule has 5 nitrogen and oxygen atoms in total. The fraction of sp³-hybridized carbons (Fsp3) is 0.500. The molecule has 0 unspecified atom stereocenters. The molecule has 0 radical (unpaired) electrons. The van der Waals surface area contributed by atoms with Crippen LogP contribution in [0, 0.1) is 0 Å². The fourth-order valence-electron chi connectivity index (χ4n) is 1.80. The van der Waals surface area contributed by atoms with Gasteiger partial charge in [0.05, 0.1) is 5.69 Å². The van der Waals surface area contributed by atoms with Crippen molar-refractivity contribution >= 4 is 11.6 Å². The van der Waals surface area contributed by atoms with Crippen molar-refractivity contribution in [2.45, 2.75) is 39.3 Å². The Kier molecular flexibility index (Phi) is 5.09. The van der Waals surface area contributed by atoms with Crippen LogP contribution in [0.2, 0.25) is 5.15 Å². The lowest BCUT2D eigenvalue weighted by Gasteiger charge is -2.09. The molecule has 0 saturated heterocycles. The van der Waals surface area contributed by atoms with Gasteiger partial charge in [0, 0.05) is 25.9 Å². The first-order valence-electron chi connectivity index (χ1n) is 6.75. The number of ether oxygens (including phenoxy) is 1. The molecule has 0 saturated carbocycles. The summed E-state index contributed by atoms with van der Waals surface area (Å²) in [4.78, 5) is 8.65. The summed E-state index contributed by atoms with van der Waals surface area (Å²) >= 11 is 6.05. The van der Waals surface area contributed by atoms with Crippen molar-refractivity contribution in [1.82, 2.24) is 19.7 Å². The molecule has 6 heteroatoms. The molecule has 0 aliphatic rings. The van der Waals surface area contributed by atoms with E-state index in [-0.39, 0.29) is 6.10 Å². The van der Waals surface area contributed by atoms with Crippen LogP contribution in [0.5, 0.6) is 0 Å². The zero-order chi connectivity index (χ0) is 14.5. The molecule has 2 rings (SSSR count). The van der Waals surface area contributed by atoms with E-state index in [4.69, 9.17) is 16.3 Å². The quantitative estimate of drug-likeness (QED) is 0.765. The van der Waals surface area contributed by atoms with Gasteiger partial charge in [0.15, 0.2) is 5.82 Å². The van der Waals surface area contributed by atoms with Gasteiger partial charge in [0.25, 0.3) is 0 Å². The van der Waals surface area contributed by atoms with Gasteiger partial charge in [-0.1, -0.05) is 24.9 Å². The van der Waals surface area contributed by atoms with Gasteiger partial charge in [-0.25, -0.2) is 9.97 Å². The zero-order valence-electron chi connectivity index (χ0n) is 12.0. The van der Waals surface area contributed by atoms with Gasteiger partial charge in [-0.05, 0) is 19.4 Å². The minimum absolute atomic E-state index is 0.199. The SMILES string of the molecule is CCCCn1ccc(-c2cc(Cl)nc([C@H](C)OC)n2)n1. The molecule has 108 valence electrons. The summed E-state index contributed by atoms with van der Waals surface area (Å²) in [5.41, 5.74) is 1.52. The van der Waals surface area contributed by atoms with Gasteiger partial charge in [-0.2, -0.15) is 5.10 Å². The van der Waals surface area contributed by atoms with Crippen LogP contribution in [-0.2, 0) is 11.3 Å². The third-order valence-corrected chi connectivity index (χ3v) is 3.27. The highest BCUT2D eigenvalue weighted by Gasteiger charge is 2.13. The lowest BCUT2D eigenvalue weighted by Crippen LogP contribution is -2.04. The van der Waals surface area contributed by atoms with Crippen molar-refractivity contribution < 1.29 is 4.74 Å². The van der Waals surface area contributed by atoms with E-state index in [1.807, 2.05) is 23.9 Å². The van der Waals surface area contributed by atoms with E-state index in [0.717, 1.165) is 30.8 Å². The van der Waals surface area contributed by atoms with Gasteiger partial charge in [0.1, 0.15) is 17.0 Å². The Morgan fingerprint density at radius 1 is 1.35 bits per heavy atom. The molecule has 1 atom stereocenters. The largest absolute Gasteiger partial charge is 0.374 e. The molecule has 0 bridgehead atoms. The molecule has 0 aliphatic carbocycles. The number of rotatable bonds is 6. The summed E-state index contributed by atoms with van der Waals surface area (Å²) in [7, 11) is 1.62. The molecule has 0 fully saturated rings. The van der Waals surface area contributed by atoms with E-state index in [9.17, 15) is 0 Å². The molecule has 0 N–H and O–H groups in total. The Balaban J connectivity index is 2.27. The van der Waals surface area contributed by atoms with Gasteiger partial charge in [-0.15, -0.1) is 0 Å². The lowest BCUT2D eigenvalue weighted by molar-refractivity contribution is 0.112. The summed E-state index contributed by atoms with van der Waals surface area (Å²) in [6, 6.07) is 3.66. The summed E-state index contributed by atoms with van der Waals surface area (Å²) in [5, 5.41) is 4.91. The zero-order valence-corrected chi connectivity index (χ0v) is 12.8. The standard InChI is InChI=1S/C14H19ClN4O/c1-4-5-7-19-8-6-11(18-19)12-9-13(15)17-14(16-12)10(2)20-3/h6,8-10H,4-5,7H2,1-3H3/t10-/m0/s1. The van der Waals surface area contributed by atoms with Crippen molar-refractivity contribution in [2.75, 3.05) is 7.11 Å². The van der Waals surface area contributed by atoms with Crippen LogP contribution in [0.15, 0.2) is 18.3 Å². The van der Waals surface area contributed by atoms with Gasteiger partial charge < -0.3 is 4.74 Å². The van der Waals surface area contributed by atoms with Crippen LogP contribution >= 0.6 is 11.6 Å². The Morgan fingerprint density at radius 3 is 2.85 bits per heavy atom. The van der Waals surface area contributed by atoms with Crippen LogP contribution in [0.25, 0.3) is 11.4 Å². The van der Waals surface area contributed by atoms with E-state index in [2.05, 4.69) is 22.0 Å². The fourth-order valence-corrected chi connectivity index (χ4v) is 1.99. The van der Waals surface area contributed by atoms with E-state index in [0.29, 0.717) is 11.0 Å². The number of methoxy groups -OCH3 is 1. The minimum atomic E-state index is -0.199. The third kappa shape index (κ3) is 3.55. The molecule has 0 aromatic carbocycles. The number of halogens is 1. The van der Waals surface area contributed by atoms with Crippen LogP contribution in [0.3, 0.4) is 0 Å². The van der Waals surface area contributed by atoms with Crippen LogP contribution in [-0.4, -0.2) is 26.9 Å². The third-order valence-electron chi connectivity index (χ3n) is 3.07. The van der Waals surface area contributed by atoms with Crippen LogP contribution < -0.4 is 0 Å². The summed E-state index contributed by atoms with van der Waals surface area (Å²) in [5.74, 6) is 0.568. The molecule has 0 amide bonds. The second-order valence-electron chi connectivity index (χ2n) is 4.63. The normalized spacial score (nSPS) is 12.6. The molecule has 2 aromatic rings. The highest BCUT2D eigenvalue weighted by Crippen LogP contribution is 2.21. The predicted molar refractivity (Wildman–Crippen MR) is 78.6 cm³/mol. The molecule has 0 spiro atoms. The molecule has 0 aliphatic heterocycles. The van der Waals surface area contributed by atoms with Crippen molar-refractivity contribution in [3.05, 3.63) is 29.3 Å². The number of aryl methyl sites for hydroxylation is 1. The second-order valence-corrected chi connectivity index (χ2v) is 5.02. The first-order valence-corrected chi connectivity index (χ1v) is 7.13. The Labute approximate surface area is 124 Å².